The van der Waals surface area contributed by atoms with E-state index in [1.807, 2.05) is 0 Å². The Morgan fingerprint density at radius 1 is 1.29 bits per heavy atom. The molecule has 1 heterocycles. The molecule has 0 spiro atoms. The van der Waals surface area contributed by atoms with Gasteiger partial charge in [-0.3, -0.25) is 0 Å². The Morgan fingerprint density at radius 3 is 2.76 bits per heavy atom. The van der Waals surface area contributed by atoms with Gasteiger partial charge in [-0.05, 0) is 66.6 Å². The highest BCUT2D eigenvalue weighted by Gasteiger charge is 2.23. The van der Waals surface area contributed by atoms with E-state index in [9.17, 15) is 0 Å². The Kier molecular flexibility index (Phi) is 6.45. The molecule has 1 N–H and O–H groups in total. The predicted molar refractivity (Wildman–Crippen MR) is 73.5 cm³/mol. The fourth-order valence-corrected chi connectivity index (χ4v) is 2.37. The molecule has 0 atom stereocenters. The summed E-state index contributed by atoms with van der Waals surface area (Å²) in [6.45, 7) is 14.5. The smallest absolute Gasteiger partial charge is 0.0518 e. The maximum absolute atomic E-state index is 5.57. The summed E-state index contributed by atoms with van der Waals surface area (Å²) in [5.41, 5.74) is 0.269. The average molecular weight is 242 g/mol. The first-order valence-electron chi connectivity index (χ1n) is 7.08. The molecule has 0 bridgehead atoms. The predicted octanol–water partition coefficient (Wildman–Crippen LogP) is 2.27. The molecule has 1 aliphatic heterocycles. The summed E-state index contributed by atoms with van der Waals surface area (Å²) < 4.78 is 5.57. The van der Waals surface area contributed by atoms with Gasteiger partial charge >= 0.3 is 0 Å². The molecule has 0 amide bonds. The van der Waals surface area contributed by atoms with E-state index in [0.717, 1.165) is 19.7 Å². The highest BCUT2D eigenvalue weighted by Crippen LogP contribution is 2.11. The SMILES string of the molecule is CC(C)OCCCCN1CCCNC(C)(C)C1. The average Bonchev–Trinajstić information content (AvgIpc) is 2.38. The molecule has 0 aliphatic carbocycles. The fourth-order valence-electron chi connectivity index (χ4n) is 2.37. The van der Waals surface area contributed by atoms with Crippen molar-refractivity contribution in [3.8, 4) is 0 Å². The lowest BCUT2D eigenvalue weighted by atomic mass is 10.1. The zero-order chi connectivity index (χ0) is 12.7. The standard InChI is InChI=1S/C14H30N2O/c1-13(2)17-11-6-5-9-16-10-7-8-15-14(3,4)12-16/h13,15H,5-12H2,1-4H3. The van der Waals surface area contributed by atoms with Crippen molar-refractivity contribution in [3.63, 3.8) is 0 Å². The van der Waals surface area contributed by atoms with Gasteiger partial charge in [0.15, 0.2) is 0 Å². The van der Waals surface area contributed by atoms with E-state index in [1.165, 1.54) is 32.4 Å². The van der Waals surface area contributed by atoms with E-state index in [2.05, 4.69) is 37.9 Å². The van der Waals surface area contributed by atoms with E-state index in [-0.39, 0.29) is 5.54 Å². The van der Waals surface area contributed by atoms with Crippen LogP contribution in [0.1, 0.15) is 47.0 Å². The molecule has 0 radical (unpaired) electrons. The van der Waals surface area contributed by atoms with E-state index in [4.69, 9.17) is 4.74 Å². The number of unbranched alkanes of at least 4 members (excludes halogenated alkanes) is 1. The maximum Gasteiger partial charge on any atom is 0.0518 e. The first-order chi connectivity index (χ1) is 7.99. The molecule has 3 nitrogen and oxygen atoms in total. The largest absolute Gasteiger partial charge is 0.379 e. The highest BCUT2D eigenvalue weighted by molar-refractivity contribution is 4.84. The summed E-state index contributed by atoms with van der Waals surface area (Å²) >= 11 is 0. The highest BCUT2D eigenvalue weighted by atomic mass is 16.5. The van der Waals surface area contributed by atoms with Crippen molar-refractivity contribution in [2.75, 3.05) is 32.8 Å². The van der Waals surface area contributed by atoms with Crippen molar-refractivity contribution < 1.29 is 4.74 Å². The van der Waals surface area contributed by atoms with Crippen LogP contribution in [0.3, 0.4) is 0 Å². The van der Waals surface area contributed by atoms with Crippen LogP contribution in [0.25, 0.3) is 0 Å². The van der Waals surface area contributed by atoms with Gasteiger partial charge in [0.1, 0.15) is 0 Å². The number of nitrogens with zero attached hydrogens (tertiary/aromatic N) is 1. The summed E-state index contributed by atoms with van der Waals surface area (Å²) in [7, 11) is 0. The third kappa shape index (κ3) is 7.02. The summed E-state index contributed by atoms with van der Waals surface area (Å²) in [6.07, 6.45) is 4.08. The topological polar surface area (TPSA) is 24.5 Å². The second-order valence-corrected chi connectivity index (χ2v) is 6.07. The van der Waals surface area contributed by atoms with Crippen molar-refractivity contribution in [2.45, 2.75) is 58.6 Å². The molecule has 1 rings (SSSR count). The van der Waals surface area contributed by atoms with Crippen LogP contribution in [0.15, 0.2) is 0 Å². The van der Waals surface area contributed by atoms with Crippen LogP contribution < -0.4 is 5.32 Å². The van der Waals surface area contributed by atoms with Crippen LogP contribution in [-0.2, 0) is 4.74 Å². The van der Waals surface area contributed by atoms with Gasteiger partial charge in [0.2, 0.25) is 0 Å². The quantitative estimate of drug-likeness (QED) is 0.723. The third-order valence-corrected chi connectivity index (χ3v) is 3.19. The normalized spacial score (nSPS) is 21.7. The minimum absolute atomic E-state index is 0.269. The van der Waals surface area contributed by atoms with Gasteiger partial charge in [0.05, 0.1) is 6.10 Å². The van der Waals surface area contributed by atoms with E-state index in [0.29, 0.717) is 6.10 Å². The van der Waals surface area contributed by atoms with Gasteiger partial charge in [-0.2, -0.15) is 0 Å². The van der Waals surface area contributed by atoms with Gasteiger partial charge in [0.25, 0.3) is 0 Å². The maximum atomic E-state index is 5.57. The molecule has 1 saturated heterocycles. The summed E-state index contributed by atoms with van der Waals surface area (Å²) in [6, 6.07) is 0. The van der Waals surface area contributed by atoms with E-state index < -0.39 is 0 Å². The Bertz CT molecular complexity index is 204. The van der Waals surface area contributed by atoms with E-state index in [1.54, 1.807) is 0 Å². The molecule has 0 aromatic heterocycles. The van der Waals surface area contributed by atoms with Gasteiger partial charge in [-0.25, -0.2) is 0 Å². The number of nitrogens with one attached hydrogen (secondary N) is 1. The first-order valence-corrected chi connectivity index (χ1v) is 7.08. The number of hydrogen-bond donors (Lipinski definition) is 1. The van der Waals surface area contributed by atoms with Gasteiger partial charge < -0.3 is 15.0 Å². The lowest BCUT2D eigenvalue weighted by molar-refractivity contribution is 0.0739. The summed E-state index contributed by atoms with van der Waals surface area (Å²) in [5, 5.41) is 3.60. The second-order valence-electron chi connectivity index (χ2n) is 6.07. The first kappa shape index (κ1) is 14.9. The molecular formula is C14H30N2O. The zero-order valence-corrected chi connectivity index (χ0v) is 12.1. The third-order valence-electron chi connectivity index (χ3n) is 3.19. The lowest BCUT2D eigenvalue weighted by Crippen LogP contribution is -2.46. The Balaban J connectivity index is 2.13. The Hall–Kier alpha value is -0.120. The molecule has 0 unspecified atom stereocenters. The summed E-state index contributed by atoms with van der Waals surface area (Å²) in [5.74, 6) is 0. The number of ether oxygens (including phenoxy) is 1. The second kappa shape index (κ2) is 7.34. The fraction of sp³-hybridized carbons (Fsp3) is 1.00. The van der Waals surface area contributed by atoms with E-state index >= 15 is 0 Å². The van der Waals surface area contributed by atoms with Gasteiger partial charge in [-0.1, -0.05) is 0 Å². The van der Waals surface area contributed by atoms with Crippen molar-refractivity contribution in [1.29, 1.82) is 0 Å². The minimum atomic E-state index is 0.269. The molecule has 1 fully saturated rings. The van der Waals surface area contributed by atoms with Gasteiger partial charge in [-0.15, -0.1) is 0 Å². The van der Waals surface area contributed by atoms with Crippen molar-refractivity contribution in [2.24, 2.45) is 0 Å². The van der Waals surface area contributed by atoms with Crippen LogP contribution in [-0.4, -0.2) is 49.3 Å². The zero-order valence-electron chi connectivity index (χ0n) is 12.1. The van der Waals surface area contributed by atoms with Crippen LogP contribution in [0.4, 0.5) is 0 Å². The van der Waals surface area contributed by atoms with Gasteiger partial charge in [0, 0.05) is 18.7 Å². The number of hydrogen-bond acceptors (Lipinski definition) is 3. The Labute approximate surface area is 107 Å². The molecule has 17 heavy (non-hydrogen) atoms. The molecular weight excluding hydrogens is 212 g/mol. The van der Waals surface area contributed by atoms with Crippen LogP contribution in [0.2, 0.25) is 0 Å². The number of rotatable bonds is 6. The molecule has 102 valence electrons. The summed E-state index contributed by atoms with van der Waals surface area (Å²) in [4.78, 5) is 2.59. The lowest BCUT2D eigenvalue weighted by Gasteiger charge is -2.30. The van der Waals surface area contributed by atoms with Crippen molar-refractivity contribution in [3.05, 3.63) is 0 Å². The van der Waals surface area contributed by atoms with Crippen LogP contribution in [0.5, 0.6) is 0 Å². The monoisotopic (exact) mass is 242 g/mol. The molecule has 0 aromatic carbocycles. The molecule has 1 aliphatic rings. The molecule has 0 aromatic rings. The minimum Gasteiger partial charge on any atom is -0.379 e. The Morgan fingerprint density at radius 2 is 2.06 bits per heavy atom. The van der Waals surface area contributed by atoms with Crippen LogP contribution in [0, 0.1) is 0 Å². The van der Waals surface area contributed by atoms with Crippen LogP contribution >= 0.6 is 0 Å². The van der Waals surface area contributed by atoms with Crippen molar-refractivity contribution in [1.82, 2.24) is 10.2 Å². The molecule has 3 heteroatoms. The molecule has 0 saturated carbocycles. The van der Waals surface area contributed by atoms with Crippen molar-refractivity contribution >= 4 is 0 Å².